The van der Waals surface area contributed by atoms with E-state index in [1.807, 2.05) is 22.7 Å². The number of rotatable bonds is 3. The van der Waals surface area contributed by atoms with Gasteiger partial charge >= 0.3 is 0 Å². The van der Waals surface area contributed by atoms with Gasteiger partial charge in [-0.3, -0.25) is 4.40 Å². The van der Waals surface area contributed by atoms with Crippen molar-refractivity contribution < 1.29 is 13.2 Å². The van der Waals surface area contributed by atoms with Gasteiger partial charge < -0.3 is 4.74 Å². The molecule has 0 unspecified atom stereocenters. The standard InChI is InChI=1S/C13H17N3O3S/c1-19-11-2-5-16-12(14-15-13(16)9-11)8-10-3-6-20(17,18)7-4-10/h2,5,9-10H,3-4,6-8H2,1H3. The smallest absolute Gasteiger partial charge is 0.164 e. The summed E-state index contributed by atoms with van der Waals surface area (Å²) in [5, 5.41) is 8.35. The molecular weight excluding hydrogens is 278 g/mol. The van der Waals surface area contributed by atoms with Gasteiger partial charge in [0.15, 0.2) is 5.65 Å². The lowest BCUT2D eigenvalue weighted by Gasteiger charge is -2.20. The Kier molecular flexibility index (Phi) is 3.37. The quantitative estimate of drug-likeness (QED) is 0.848. The average molecular weight is 295 g/mol. The molecule has 0 radical (unpaired) electrons. The van der Waals surface area contributed by atoms with Gasteiger partial charge in [0.25, 0.3) is 0 Å². The van der Waals surface area contributed by atoms with Gasteiger partial charge in [0.05, 0.1) is 18.6 Å². The third-order valence-electron chi connectivity index (χ3n) is 3.83. The second-order valence-corrected chi connectivity index (χ2v) is 7.51. The number of hydrogen-bond donors (Lipinski definition) is 0. The number of aromatic nitrogens is 3. The normalized spacial score (nSPS) is 19.2. The van der Waals surface area contributed by atoms with Crippen molar-refractivity contribution in [3.05, 3.63) is 24.2 Å². The SMILES string of the molecule is COc1ccn2c(CC3CCS(=O)(=O)CC3)nnc2c1. The van der Waals surface area contributed by atoms with Crippen LogP contribution in [0.15, 0.2) is 18.3 Å². The molecule has 0 N–H and O–H groups in total. The van der Waals surface area contributed by atoms with Gasteiger partial charge in [-0.15, -0.1) is 10.2 Å². The van der Waals surface area contributed by atoms with E-state index in [2.05, 4.69) is 10.2 Å². The predicted molar refractivity (Wildman–Crippen MR) is 74.6 cm³/mol. The Hall–Kier alpha value is -1.63. The van der Waals surface area contributed by atoms with E-state index in [4.69, 9.17) is 4.74 Å². The largest absolute Gasteiger partial charge is 0.497 e. The fourth-order valence-corrected chi connectivity index (χ4v) is 4.18. The number of nitrogens with zero attached hydrogens (tertiary/aromatic N) is 3. The van der Waals surface area contributed by atoms with Crippen molar-refractivity contribution in [3.63, 3.8) is 0 Å². The number of ether oxygens (including phenoxy) is 1. The Balaban J connectivity index is 1.78. The zero-order chi connectivity index (χ0) is 14.2. The van der Waals surface area contributed by atoms with Gasteiger partial charge in [0.2, 0.25) is 0 Å². The van der Waals surface area contributed by atoms with E-state index in [1.165, 1.54) is 0 Å². The van der Waals surface area contributed by atoms with Gasteiger partial charge in [-0.2, -0.15) is 0 Å². The zero-order valence-electron chi connectivity index (χ0n) is 11.3. The molecule has 3 rings (SSSR count). The molecule has 1 fully saturated rings. The number of hydrogen-bond acceptors (Lipinski definition) is 5. The Morgan fingerprint density at radius 1 is 1.35 bits per heavy atom. The Morgan fingerprint density at radius 2 is 2.10 bits per heavy atom. The summed E-state index contributed by atoms with van der Waals surface area (Å²) in [6, 6.07) is 3.70. The summed E-state index contributed by atoms with van der Waals surface area (Å²) >= 11 is 0. The van der Waals surface area contributed by atoms with Crippen LogP contribution in [-0.4, -0.2) is 41.6 Å². The molecule has 0 atom stereocenters. The van der Waals surface area contributed by atoms with Gasteiger partial charge in [-0.1, -0.05) is 0 Å². The fourth-order valence-electron chi connectivity index (χ4n) is 2.59. The first-order chi connectivity index (χ1) is 9.57. The van der Waals surface area contributed by atoms with Crippen LogP contribution in [0.5, 0.6) is 5.75 Å². The van der Waals surface area contributed by atoms with E-state index >= 15 is 0 Å². The van der Waals surface area contributed by atoms with E-state index < -0.39 is 9.84 Å². The van der Waals surface area contributed by atoms with Crippen molar-refractivity contribution in [3.8, 4) is 5.75 Å². The van der Waals surface area contributed by atoms with Crippen LogP contribution < -0.4 is 4.74 Å². The first kappa shape index (κ1) is 13.4. The highest BCUT2D eigenvalue weighted by atomic mass is 32.2. The minimum Gasteiger partial charge on any atom is -0.497 e. The summed E-state index contributed by atoms with van der Waals surface area (Å²) in [6.07, 6.45) is 4.09. The molecule has 0 aromatic carbocycles. The molecule has 0 amide bonds. The van der Waals surface area contributed by atoms with Crippen LogP contribution in [0.1, 0.15) is 18.7 Å². The molecule has 108 valence electrons. The Bertz CT molecular complexity index is 710. The summed E-state index contributed by atoms with van der Waals surface area (Å²) in [7, 11) is -1.19. The van der Waals surface area contributed by atoms with Crippen molar-refractivity contribution in [2.24, 2.45) is 5.92 Å². The Labute approximate surface area is 117 Å². The highest BCUT2D eigenvalue weighted by molar-refractivity contribution is 7.91. The van der Waals surface area contributed by atoms with E-state index in [1.54, 1.807) is 7.11 Å². The number of fused-ring (bicyclic) bond motifs is 1. The summed E-state index contributed by atoms with van der Waals surface area (Å²) in [5.74, 6) is 2.59. The zero-order valence-corrected chi connectivity index (χ0v) is 12.1. The molecule has 1 aliphatic heterocycles. The molecule has 7 heteroatoms. The lowest BCUT2D eigenvalue weighted by atomic mass is 9.98. The molecule has 2 aromatic rings. The predicted octanol–water partition coefficient (Wildman–Crippen LogP) is 1.11. The highest BCUT2D eigenvalue weighted by Gasteiger charge is 2.25. The molecule has 0 aliphatic carbocycles. The van der Waals surface area contributed by atoms with E-state index in [0.717, 1.165) is 23.6 Å². The summed E-state index contributed by atoms with van der Waals surface area (Å²) < 4.78 is 30.0. The van der Waals surface area contributed by atoms with Gasteiger partial charge in [0, 0.05) is 18.7 Å². The molecule has 20 heavy (non-hydrogen) atoms. The van der Waals surface area contributed by atoms with Crippen molar-refractivity contribution in [1.29, 1.82) is 0 Å². The van der Waals surface area contributed by atoms with Crippen LogP contribution >= 0.6 is 0 Å². The number of sulfone groups is 1. The minimum atomic E-state index is -2.81. The van der Waals surface area contributed by atoms with Gasteiger partial charge in [-0.25, -0.2) is 8.42 Å². The summed E-state index contributed by atoms with van der Waals surface area (Å²) in [6.45, 7) is 0. The van der Waals surface area contributed by atoms with Gasteiger partial charge in [-0.05, 0) is 24.8 Å². The molecule has 2 aromatic heterocycles. The molecule has 0 spiro atoms. The summed E-state index contributed by atoms with van der Waals surface area (Å²) in [4.78, 5) is 0. The van der Waals surface area contributed by atoms with Crippen molar-refractivity contribution >= 4 is 15.5 Å². The molecule has 0 saturated carbocycles. The fraction of sp³-hybridized carbons (Fsp3) is 0.538. The van der Waals surface area contributed by atoms with Crippen molar-refractivity contribution in [1.82, 2.24) is 14.6 Å². The third-order valence-corrected chi connectivity index (χ3v) is 5.55. The molecule has 1 aliphatic rings. The van der Waals surface area contributed by atoms with Crippen LogP contribution in [0.3, 0.4) is 0 Å². The van der Waals surface area contributed by atoms with Crippen LogP contribution in [0, 0.1) is 5.92 Å². The average Bonchev–Trinajstić information content (AvgIpc) is 2.83. The maximum absolute atomic E-state index is 11.4. The first-order valence-electron chi connectivity index (χ1n) is 6.65. The summed E-state index contributed by atoms with van der Waals surface area (Å²) in [5.41, 5.74) is 0.753. The topological polar surface area (TPSA) is 73.6 Å². The highest BCUT2D eigenvalue weighted by Crippen LogP contribution is 2.23. The monoisotopic (exact) mass is 295 g/mol. The lowest BCUT2D eigenvalue weighted by Crippen LogP contribution is -2.25. The van der Waals surface area contributed by atoms with Gasteiger partial charge in [0.1, 0.15) is 21.4 Å². The molecular formula is C13H17N3O3S. The van der Waals surface area contributed by atoms with Crippen LogP contribution in [0.25, 0.3) is 5.65 Å². The minimum absolute atomic E-state index is 0.294. The van der Waals surface area contributed by atoms with Crippen molar-refractivity contribution in [2.45, 2.75) is 19.3 Å². The van der Waals surface area contributed by atoms with E-state index in [9.17, 15) is 8.42 Å². The first-order valence-corrected chi connectivity index (χ1v) is 8.47. The lowest BCUT2D eigenvalue weighted by molar-refractivity contribution is 0.414. The molecule has 1 saturated heterocycles. The number of pyridine rings is 1. The van der Waals surface area contributed by atoms with Crippen molar-refractivity contribution in [2.75, 3.05) is 18.6 Å². The third kappa shape index (κ3) is 2.63. The van der Waals surface area contributed by atoms with E-state index in [-0.39, 0.29) is 0 Å². The molecule has 6 nitrogen and oxygen atoms in total. The van der Waals surface area contributed by atoms with Crippen LogP contribution in [0.2, 0.25) is 0 Å². The molecule has 3 heterocycles. The molecule has 0 bridgehead atoms. The maximum Gasteiger partial charge on any atom is 0.164 e. The van der Waals surface area contributed by atoms with Crippen LogP contribution in [-0.2, 0) is 16.3 Å². The Morgan fingerprint density at radius 3 is 2.80 bits per heavy atom. The van der Waals surface area contributed by atoms with Crippen LogP contribution in [0.4, 0.5) is 0 Å². The second-order valence-electron chi connectivity index (χ2n) is 5.21. The van der Waals surface area contributed by atoms with E-state index in [0.29, 0.717) is 30.3 Å². The second kappa shape index (κ2) is 5.05. The number of methoxy groups -OCH3 is 1. The maximum atomic E-state index is 11.4.